The van der Waals surface area contributed by atoms with Gasteiger partial charge in [-0.2, -0.15) is 31.4 Å². The Hall–Kier alpha value is -6.13. The Balaban J connectivity index is 1.14. The average Bonchev–Trinajstić information content (AvgIpc) is 3.87. The van der Waals surface area contributed by atoms with Gasteiger partial charge in [0.2, 0.25) is 0 Å². The molecule has 2 aliphatic heterocycles. The standard InChI is InChI=1S/C37H29F7N8O2/c38-26-8-6-25(7-9-26)35(12-2-13-36(39,40)41)33(54)52(34(45)49-35)18-21-5-10-28(37(42,43)44)27(15-21)32(53)51-19-24-17-46-31(48-30(24)20-51)23-4-1-3-22(16-23)29-11-14-47-50-29/h1,3-11,14-17H,2,12-13,18-20H2,(H2,45,49)(H,47,50)/t35-/m1/s1. The molecule has 2 aliphatic rings. The molecule has 7 rings (SSSR count). The molecule has 17 heteroatoms. The highest BCUT2D eigenvalue weighted by molar-refractivity contribution is 6.07. The fourth-order valence-electron chi connectivity index (χ4n) is 6.69. The summed E-state index contributed by atoms with van der Waals surface area (Å²) in [5, 5.41) is 6.84. The van der Waals surface area contributed by atoms with Crippen molar-refractivity contribution in [1.29, 1.82) is 0 Å². The van der Waals surface area contributed by atoms with Crippen LogP contribution >= 0.6 is 0 Å². The number of H-pyrrole nitrogens is 1. The number of carbonyl (C=O) groups excluding carboxylic acids is 2. The zero-order valence-corrected chi connectivity index (χ0v) is 28.0. The number of alkyl halides is 6. The second kappa shape index (κ2) is 13.7. The van der Waals surface area contributed by atoms with Gasteiger partial charge in [-0.1, -0.05) is 36.4 Å². The summed E-state index contributed by atoms with van der Waals surface area (Å²) < 4.78 is 95.9. The van der Waals surface area contributed by atoms with Crippen molar-refractivity contribution in [3.63, 3.8) is 0 Å². The third-order valence-corrected chi connectivity index (χ3v) is 9.34. The minimum absolute atomic E-state index is 0.0630. The lowest BCUT2D eigenvalue weighted by Crippen LogP contribution is -2.42. The van der Waals surface area contributed by atoms with E-state index in [4.69, 9.17) is 5.73 Å². The first kappa shape index (κ1) is 36.2. The molecule has 0 radical (unpaired) electrons. The molecule has 4 heterocycles. The molecule has 54 heavy (non-hydrogen) atoms. The van der Waals surface area contributed by atoms with E-state index in [1.54, 1.807) is 18.3 Å². The van der Waals surface area contributed by atoms with Gasteiger partial charge < -0.3 is 10.6 Å². The predicted octanol–water partition coefficient (Wildman–Crippen LogP) is 7.13. The number of hydrogen-bond donors (Lipinski definition) is 2. The average molecular weight is 751 g/mol. The summed E-state index contributed by atoms with van der Waals surface area (Å²) in [6.07, 6.45) is -8.49. The second-order valence-corrected chi connectivity index (χ2v) is 13.0. The van der Waals surface area contributed by atoms with Crippen molar-refractivity contribution >= 4 is 17.8 Å². The van der Waals surface area contributed by atoms with Crippen LogP contribution in [0.5, 0.6) is 0 Å². The van der Waals surface area contributed by atoms with Crippen molar-refractivity contribution in [3.8, 4) is 22.6 Å². The lowest BCUT2D eigenvalue weighted by atomic mass is 9.84. The second-order valence-electron chi connectivity index (χ2n) is 13.0. The zero-order chi connectivity index (χ0) is 38.4. The Morgan fingerprint density at radius 1 is 0.944 bits per heavy atom. The molecule has 0 unspecified atom stereocenters. The first-order valence-corrected chi connectivity index (χ1v) is 16.6. The third kappa shape index (κ3) is 7.12. The number of nitrogens with zero attached hydrogens (tertiary/aromatic N) is 6. The molecule has 278 valence electrons. The largest absolute Gasteiger partial charge is 0.417 e. The summed E-state index contributed by atoms with van der Waals surface area (Å²) in [7, 11) is 0. The summed E-state index contributed by atoms with van der Waals surface area (Å²) >= 11 is 0. The lowest BCUT2D eigenvalue weighted by Gasteiger charge is -2.27. The van der Waals surface area contributed by atoms with Gasteiger partial charge in [-0.05, 0) is 60.4 Å². The number of benzene rings is 3. The van der Waals surface area contributed by atoms with Crippen LogP contribution < -0.4 is 5.73 Å². The molecule has 2 amide bonds. The van der Waals surface area contributed by atoms with Crippen LogP contribution in [0.3, 0.4) is 0 Å². The number of hydrogen-bond acceptors (Lipinski definition) is 7. The number of halogens is 7. The van der Waals surface area contributed by atoms with Gasteiger partial charge in [0.05, 0.1) is 35.6 Å². The summed E-state index contributed by atoms with van der Waals surface area (Å²) in [6.45, 7) is -0.623. The first-order valence-electron chi connectivity index (χ1n) is 16.6. The highest BCUT2D eigenvalue weighted by Gasteiger charge is 2.49. The molecular weight excluding hydrogens is 721 g/mol. The summed E-state index contributed by atoms with van der Waals surface area (Å²) in [6, 6.07) is 16.4. The van der Waals surface area contributed by atoms with Gasteiger partial charge in [0.1, 0.15) is 5.82 Å². The van der Waals surface area contributed by atoms with E-state index in [-0.39, 0.29) is 24.2 Å². The molecular formula is C37H29F7N8O2. The predicted molar refractivity (Wildman–Crippen MR) is 180 cm³/mol. The van der Waals surface area contributed by atoms with Crippen molar-refractivity contribution < 1.29 is 40.3 Å². The van der Waals surface area contributed by atoms with Crippen LogP contribution in [-0.2, 0) is 36.1 Å². The number of aromatic amines is 1. The van der Waals surface area contributed by atoms with Gasteiger partial charge in [0.25, 0.3) is 11.8 Å². The normalized spacial score (nSPS) is 17.2. The number of fused-ring (bicyclic) bond motifs is 1. The quantitative estimate of drug-likeness (QED) is 0.154. The molecule has 3 aromatic carbocycles. The summed E-state index contributed by atoms with van der Waals surface area (Å²) in [4.78, 5) is 43.3. The number of nitrogens with one attached hydrogen (secondary N) is 1. The van der Waals surface area contributed by atoms with E-state index in [0.717, 1.165) is 46.5 Å². The van der Waals surface area contributed by atoms with E-state index in [1.807, 2.05) is 18.2 Å². The monoisotopic (exact) mass is 750 g/mol. The molecule has 10 nitrogen and oxygen atoms in total. The van der Waals surface area contributed by atoms with E-state index >= 15 is 0 Å². The molecule has 0 saturated carbocycles. The Kier molecular flexibility index (Phi) is 9.19. The maximum absolute atomic E-state index is 14.3. The minimum atomic E-state index is -4.93. The van der Waals surface area contributed by atoms with E-state index in [0.29, 0.717) is 22.6 Å². The molecule has 0 spiro atoms. The van der Waals surface area contributed by atoms with E-state index in [2.05, 4.69) is 25.2 Å². The van der Waals surface area contributed by atoms with Crippen LogP contribution in [0.15, 0.2) is 90.2 Å². The molecule has 0 aliphatic carbocycles. The van der Waals surface area contributed by atoms with Crippen LogP contribution in [-0.4, -0.2) is 53.9 Å². The van der Waals surface area contributed by atoms with Crippen molar-refractivity contribution in [2.45, 2.75) is 56.8 Å². The van der Waals surface area contributed by atoms with Crippen molar-refractivity contribution in [2.75, 3.05) is 0 Å². The number of aliphatic imine (C=N–C) groups is 1. The van der Waals surface area contributed by atoms with Crippen LogP contribution in [0, 0.1) is 5.82 Å². The lowest BCUT2D eigenvalue weighted by molar-refractivity contribution is -0.139. The maximum atomic E-state index is 14.3. The van der Waals surface area contributed by atoms with E-state index < -0.39 is 78.4 Å². The van der Waals surface area contributed by atoms with Crippen LogP contribution in [0.1, 0.15) is 57.6 Å². The topological polar surface area (TPSA) is 133 Å². The van der Waals surface area contributed by atoms with Gasteiger partial charge in [-0.25, -0.2) is 19.4 Å². The van der Waals surface area contributed by atoms with Crippen molar-refractivity contribution in [2.24, 2.45) is 10.7 Å². The molecule has 0 bridgehead atoms. The van der Waals surface area contributed by atoms with Gasteiger partial charge in [0.15, 0.2) is 17.3 Å². The molecule has 5 aromatic rings. The van der Waals surface area contributed by atoms with Gasteiger partial charge >= 0.3 is 12.4 Å². The van der Waals surface area contributed by atoms with Crippen LogP contribution in [0.4, 0.5) is 30.7 Å². The van der Waals surface area contributed by atoms with Gasteiger partial charge in [-0.3, -0.25) is 19.6 Å². The van der Waals surface area contributed by atoms with Crippen molar-refractivity contribution in [1.82, 2.24) is 30.0 Å². The smallest absolute Gasteiger partial charge is 0.369 e. The van der Waals surface area contributed by atoms with Gasteiger partial charge in [-0.15, -0.1) is 0 Å². The number of aromatic nitrogens is 4. The Morgan fingerprint density at radius 3 is 2.41 bits per heavy atom. The van der Waals surface area contributed by atoms with Gasteiger partial charge in [0, 0.05) is 42.0 Å². The summed E-state index contributed by atoms with van der Waals surface area (Å²) in [5.41, 5.74) is 5.75. The SMILES string of the molecule is NC1=N[C@](CCCC(F)(F)F)(c2ccc(F)cc2)C(=O)N1Cc1ccc(C(F)(F)F)c(C(=O)N2Cc3cnc(-c4cccc(-c5ccn[nH]5)c4)nc3C2)c1. The highest BCUT2D eigenvalue weighted by atomic mass is 19.4. The summed E-state index contributed by atoms with van der Waals surface area (Å²) in [5.74, 6) is -2.50. The van der Waals surface area contributed by atoms with E-state index in [1.165, 1.54) is 23.2 Å². The Bertz CT molecular complexity index is 2260. The number of guanidine groups is 1. The molecule has 3 N–H and O–H groups in total. The first-order chi connectivity index (χ1) is 25.6. The minimum Gasteiger partial charge on any atom is -0.369 e. The third-order valence-electron chi connectivity index (χ3n) is 9.34. The Labute approximate surface area is 302 Å². The van der Waals surface area contributed by atoms with Crippen LogP contribution in [0.2, 0.25) is 0 Å². The number of nitrogens with two attached hydrogens (primary N) is 1. The fourth-order valence-corrected chi connectivity index (χ4v) is 6.69. The number of carbonyl (C=O) groups is 2. The highest BCUT2D eigenvalue weighted by Crippen LogP contribution is 2.41. The molecule has 0 fully saturated rings. The maximum Gasteiger partial charge on any atom is 0.417 e. The van der Waals surface area contributed by atoms with E-state index in [9.17, 15) is 40.3 Å². The molecule has 0 saturated heterocycles. The molecule has 2 aromatic heterocycles. The molecule has 1 atom stereocenters. The zero-order valence-electron chi connectivity index (χ0n) is 28.0. The number of rotatable bonds is 9. The number of amides is 2. The Morgan fingerprint density at radius 2 is 1.70 bits per heavy atom. The van der Waals surface area contributed by atoms with Crippen LogP contribution in [0.25, 0.3) is 22.6 Å². The van der Waals surface area contributed by atoms with Crippen molar-refractivity contribution in [3.05, 3.63) is 125 Å². The fraction of sp³-hybridized carbons (Fsp3) is 0.243.